The molecule has 0 atom stereocenters. The number of aromatic nitrogens is 6. The number of fused-ring (bicyclic) bond motifs is 1. The van der Waals surface area contributed by atoms with Gasteiger partial charge in [-0.05, 0) is 63.0 Å². The van der Waals surface area contributed by atoms with Crippen LogP contribution in [0.25, 0.3) is 112 Å². The smallest absolute Gasteiger partial charge is 0.164 e. The Hall–Kier alpha value is -8.93. The number of rotatable bonds is 9. The second kappa shape index (κ2) is 18.9. The lowest BCUT2D eigenvalue weighted by molar-refractivity contribution is 1.07. The van der Waals surface area contributed by atoms with Gasteiger partial charge in [0, 0.05) is 38.8 Å². The summed E-state index contributed by atoms with van der Waals surface area (Å²) < 4.78 is 0. The molecule has 0 saturated carbocycles. The predicted molar refractivity (Wildman–Crippen MR) is 291 cm³/mol. The maximum Gasteiger partial charge on any atom is 0.164 e. The Labute approximate surface area is 417 Å². The lowest BCUT2D eigenvalue weighted by atomic mass is 9.60. The summed E-state index contributed by atoms with van der Waals surface area (Å²) >= 11 is 0. The van der Waals surface area contributed by atoms with Crippen molar-refractivity contribution in [2.75, 3.05) is 0 Å². The molecule has 0 bridgehead atoms. The van der Waals surface area contributed by atoms with Crippen molar-refractivity contribution in [1.82, 2.24) is 29.9 Å². The van der Waals surface area contributed by atoms with Gasteiger partial charge in [0.05, 0.1) is 11.6 Å². The van der Waals surface area contributed by atoms with Crippen molar-refractivity contribution in [1.29, 1.82) is 5.26 Å². The molecule has 0 unspecified atom stereocenters. The summed E-state index contributed by atoms with van der Waals surface area (Å²) in [4.78, 5) is 30.2. The monoisotopic (exact) mass is 893 g/mol. The van der Waals surface area contributed by atoms with Crippen LogP contribution in [0, 0.1) is 11.3 Å². The minimum absolute atomic E-state index is 0.0921. The summed E-state index contributed by atoms with van der Waals surface area (Å²) in [6.07, 6.45) is 0. The van der Waals surface area contributed by atoms with E-state index in [0.29, 0.717) is 34.7 Å². The van der Waals surface area contributed by atoms with E-state index in [2.05, 4.69) is 36.4 Å². The van der Waals surface area contributed by atoms with Gasteiger partial charge in [-0.15, -0.1) is 16.4 Å². The van der Waals surface area contributed by atoms with Crippen LogP contribution in [0.2, 0.25) is 0 Å². The molecule has 0 aliphatic rings. The van der Waals surface area contributed by atoms with Crippen LogP contribution in [0.3, 0.4) is 0 Å². The summed E-state index contributed by atoms with van der Waals surface area (Å²) in [7, 11) is 32.1. The largest absolute Gasteiger partial charge is 0.208 e. The molecule has 0 fully saturated rings. The van der Waals surface area contributed by atoms with E-state index in [1.807, 2.05) is 164 Å². The highest BCUT2D eigenvalue weighted by Gasteiger charge is 2.21. The Morgan fingerprint density at radius 1 is 0.282 bits per heavy atom. The third-order valence-corrected chi connectivity index (χ3v) is 12.6. The molecule has 9 aromatic carbocycles. The molecule has 10 radical (unpaired) electrons. The van der Waals surface area contributed by atoms with Crippen LogP contribution >= 0.6 is 0 Å². The van der Waals surface area contributed by atoms with Gasteiger partial charge in [0.2, 0.25) is 0 Å². The first-order valence-corrected chi connectivity index (χ1v) is 22.7. The maximum atomic E-state index is 9.85. The summed E-state index contributed by atoms with van der Waals surface area (Å²) in [6.45, 7) is 0. The molecule has 0 aliphatic carbocycles. The van der Waals surface area contributed by atoms with Crippen molar-refractivity contribution in [3.63, 3.8) is 0 Å². The van der Waals surface area contributed by atoms with Crippen molar-refractivity contribution in [3.05, 3.63) is 200 Å². The van der Waals surface area contributed by atoms with Crippen molar-refractivity contribution in [3.8, 4) is 108 Å². The van der Waals surface area contributed by atoms with Gasteiger partial charge in [-0.1, -0.05) is 181 Å². The molecule has 11 aromatic rings. The Morgan fingerprint density at radius 3 is 1.31 bits per heavy atom. The van der Waals surface area contributed by atoms with Crippen molar-refractivity contribution in [2.45, 2.75) is 0 Å². The molecule has 318 valence electrons. The first-order chi connectivity index (χ1) is 34.7. The van der Waals surface area contributed by atoms with Gasteiger partial charge in [-0.3, -0.25) is 0 Å². The first kappa shape index (κ1) is 44.6. The van der Waals surface area contributed by atoms with E-state index >= 15 is 0 Å². The van der Waals surface area contributed by atoms with E-state index in [0.717, 1.165) is 72.0 Å². The topological polar surface area (TPSA) is 101 Å². The van der Waals surface area contributed by atoms with Crippen LogP contribution in [0.15, 0.2) is 194 Å². The SMILES string of the molecule is [B]c1c([B])c([B])c(-c2nc(-c3ccccc3)nc(-c3ccc(-c4ccccc4)cc3-c3ccc(-c4nc(-c5ccccc5)nc(-c5cccc(-c6ccc(C#N)c7ccccc67)c5)n4)cc3)n2)c([B])c1[B]. The normalized spacial score (nSPS) is 11.1. The molecule has 11 rings (SSSR count). The Balaban J connectivity index is 1.05. The highest BCUT2D eigenvalue weighted by Crippen LogP contribution is 2.38. The van der Waals surface area contributed by atoms with E-state index in [1.54, 1.807) is 0 Å². The number of nitriles is 1. The minimum Gasteiger partial charge on any atom is -0.208 e. The van der Waals surface area contributed by atoms with Gasteiger partial charge < -0.3 is 0 Å². The molecule has 0 aliphatic heterocycles. The molecule has 0 spiro atoms. The number of benzene rings is 9. The third kappa shape index (κ3) is 8.53. The summed E-state index contributed by atoms with van der Waals surface area (Å²) in [5.74, 6) is 2.49. The molecular weight excluding hydrogens is 861 g/mol. The fraction of sp³-hybridized carbons (Fsp3) is 0. The zero-order chi connectivity index (χ0) is 48.6. The van der Waals surface area contributed by atoms with E-state index < -0.39 is 0 Å². The Bertz CT molecular complexity index is 3860. The average Bonchev–Trinajstić information content (AvgIpc) is 3.44. The highest BCUT2D eigenvalue weighted by molar-refractivity contribution is 6.68. The maximum absolute atomic E-state index is 9.85. The lowest BCUT2D eigenvalue weighted by Crippen LogP contribution is -2.55. The second-order valence-corrected chi connectivity index (χ2v) is 16.9. The zero-order valence-electron chi connectivity index (χ0n) is 38.0. The molecule has 7 nitrogen and oxygen atoms in total. The van der Waals surface area contributed by atoms with E-state index in [4.69, 9.17) is 69.1 Å². The number of hydrogen-bond acceptors (Lipinski definition) is 7. The van der Waals surface area contributed by atoms with Gasteiger partial charge in [-0.25, -0.2) is 29.9 Å². The summed E-state index contributed by atoms with van der Waals surface area (Å²) in [5, 5.41) is 11.7. The van der Waals surface area contributed by atoms with Crippen LogP contribution in [0.5, 0.6) is 0 Å². The van der Waals surface area contributed by atoms with Gasteiger partial charge >= 0.3 is 0 Å². The zero-order valence-corrected chi connectivity index (χ0v) is 38.0. The minimum atomic E-state index is 0.0921. The third-order valence-electron chi connectivity index (χ3n) is 12.6. The fourth-order valence-corrected chi connectivity index (χ4v) is 8.83. The number of hydrogen-bond donors (Lipinski definition) is 0. The molecule has 0 saturated heterocycles. The van der Waals surface area contributed by atoms with Crippen molar-refractivity contribution in [2.24, 2.45) is 0 Å². The van der Waals surface area contributed by atoms with Crippen molar-refractivity contribution >= 4 is 77.3 Å². The van der Waals surface area contributed by atoms with Crippen LogP contribution in [-0.4, -0.2) is 69.1 Å². The molecule has 2 aromatic heterocycles. The lowest BCUT2D eigenvalue weighted by Gasteiger charge is -2.21. The highest BCUT2D eigenvalue weighted by atomic mass is 15.0. The Kier molecular flexibility index (Phi) is 11.8. The molecule has 2 heterocycles. The predicted octanol–water partition coefficient (Wildman–Crippen LogP) is 8.05. The van der Waals surface area contributed by atoms with Crippen LogP contribution < -0.4 is 27.3 Å². The molecule has 0 amide bonds. The van der Waals surface area contributed by atoms with E-state index in [-0.39, 0.29) is 38.7 Å². The van der Waals surface area contributed by atoms with Gasteiger partial charge in [0.25, 0.3) is 0 Å². The molecular formula is C59H32B5N7. The summed E-state index contributed by atoms with van der Waals surface area (Å²) in [5.41, 5.74) is 11.0. The van der Waals surface area contributed by atoms with E-state index in [1.165, 1.54) is 0 Å². The second-order valence-electron chi connectivity index (χ2n) is 16.9. The van der Waals surface area contributed by atoms with Crippen molar-refractivity contribution < 1.29 is 0 Å². The van der Waals surface area contributed by atoms with Crippen LogP contribution in [-0.2, 0) is 0 Å². The standard InChI is InChI=1S/C59H32B5N7/c60-49-48(50(61)52(63)53(64)51(49)62)59-70-55(37-17-8-3-9-18-37)69-58(71-59)46-30-27-39(34-13-4-1-5-14-34)32-47(46)35-23-25-38(26-24-35)56-66-54(36-15-6-2-7-16-36)67-57(68-56)41-20-12-19-40(31-41)44-29-28-42(33-65)43-21-10-11-22-45(43)44/h1-32H. The van der Waals surface area contributed by atoms with Gasteiger partial charge in [0.15, 0.2) is 34.9 Å². The first-order valence-electron chi connectivity index (χ1n) is 22.7. The summed E-state index contributed by atoms with van der Waals surface area (Å²) in [6, 6.07) is 66.2. The van der Waals surface area contributed by atoms with Crippen LogP contribution in [0.4, 0.5) is 0 Å². The fourth-order valence-electron chi connectivity index (χ4n) is 8.83. The molecule has 0 N–H and O–H groups in total. The van der Waals surface area contributed by atoms with Gasteiger partial charge in [0.1, 0.15) is 39.2 Å². The molecule has 12 heteroatoms. The quantitative estimate of drug-likeness (QED) is 0.135. The van der Waals surface area contributed by atoms with Gasteiger partial charge in [-0.2, -0.15) is 5.26 Å². The Morgan fingerprint density at radius 2 is 0.704 bits per heavy atom. The molecule has 71 heavy (non-hydrogen) atoms. The van der Waals surface area contributed by atoms with Crippen LogP contribution in [0.1, 0.15) is 5.56 Å². The average molecular weight is 893 g/mol. The van der Waals surface area contributed by atoms with E-state index in [9.17, 15) is 5.26 Å². The number of nitrogens with zero attached hydrogens (tertiary/aromatic N) is 7.